The summed E-state index contributed by atoms with van der Waals surface area (Å²) in [5, 5.41) is 23.6. The van der Waals surface area contributed by atoms with Crippen molar-refractivity contribution in [2.24, 2.45) is 0 Å². The van der Waals surface area contributed by atoms with E-state index in [4.69, 9.17) is 5.48 Å². The van der Waals surface area contributed by atoms with Gasteiger partial charge in [0.15, 0.2) is 8.07 Å². The summed E-state index contributed by atoms with van der Waals surface area (Å²) in [6.07, 6.45) is 0. The molecule has 0 spiro atoms. The van der Waals surface area contributed by atoms with E-state index in [1.807, 2.05) is 91.0 Å². The first kappa shape index (κ1) is 14.1. The molecule has 0 fully saturated rings. The summed E-state index contributed by atoms with van der Waals surface area (Å²) in [5.41, 5.74) is -0.181. The number of hydrogen-bond acceptors (Lipinski definition) is 2. The molecule has 28 heavy (non-hydrogen) atoms. The molecule has 0 atom stereocenters. The summed E-state index contributed by atoms with van der Waals surface area (Å²) in [7, 11) is -5.43. The Morgan fingerprint density at radius 3 is 1.39 bits per heavy atom. The molecule has 2 nitrogen and oxygen atoms in total. The third-order valence-electron chi connectivity index (χ3n) is 4.97. The number of benzene rings is 4. The second-order valence-corrected chi connectivity index (χ2v) is 10.2. The highest BCUT2D eigenvalue weighted by atomic mass is 28.3. The number of rotatable bonds is 5. The molecule has 4 aromatic carbocycles. The molecule has 136 valence electrons. The highest BCUT2D eigenvalue weighted by Gasteiger charge is 2.43. The largest absolute Gasteiger partial charge is 0.488 e. The molecule has 0 amide bonds. The molecule has 0 saturated heterocycles. The van der Waals surface area contributed by atoms with Gasteiger partial charge in [-0.25, -0.2) is 0 Å². The average Bonchev–Trinajstić information content (AvgIpc) is 2.83. The average molecular weight is 384 g/mol. The van der Waals surface area contributed by atoms with E-state index in [2.05, 4.69) is 0 Å². The van der Waals surface area contributed by atoms with Crippen molar-refractivity contribution in [3.05, 3.63) is 115 Å². The minimum absolute atomic E-state index is 0.181. The van der Waals surface area contributed by atoms with Crippen molar-refractivity contribution in [2.45, 2.75) is 0 Å². The van der Waals surface area contributed by atoms with Crippen molar-refractivity contribution in [1.29, 1.82) is 0 Å². The zero-order valence-corrected chi connectivity index (χ0v) is 16.1. The van der Waals surface area contributed by atoms with Gasteiger partial charge in [0.05, 0.1) is 5.48 Å². The highest BCUT2D eigenvalue weighted by Crippen LogP contribution is 2.08. The molecule has 4 aromatic rings. The molecule has 4 rings (SSSR count). The molecule has 0 aliphatic rings. The Bertz CT molecular complexity index is 1140. The maximum atomic E-state index is 10.4. The van der Waals surface area contributed by atoms with Gasteiger partial charge in [-0.15, -0.1) is 0 Å². The fraction of sp³-hybridized carbons (Fsp3) is 0. The lowest BCUT2D eigenvalue weighted by Gasteiger charge is -2.35. The van der Waals surface area contributed by atoms with Gasteiger partial charge in [0.2, 0.25) is 0 Å². The Kier molecular flexibility index (Phi) is 4.03. The van der Waals surface area contributed by atoms with Crippen LogP contribution in [0.1, 0.15) is 5.48 Å². The SMILES string of the molecule is [2H]c1c([2H])c([2H])c([Si](c2ccccc2)(c2ccccc2)c2ccccc2)c(B(O)O)c1[2H]. The Hall–Kier alpha value is -2.92. The van der Waals surface area contributed by atoms with Crippen LogP contribution in [0.5, 0.6) is 0 Å². The maximum absolute atomic E-state index is 10.4. The fourth-order valence-electron chi connectivity index (χ4n) is 3.81. The van der Waals surface area contributed by atoms with E-state index in [0.717, 1.165) is 15.6 Å². The van der Waals surface area contributed by atoms with E-state index < -0.39 is 33.3 Å². The van der Waals surface area contributed by atoms with Crippen LogP contribution in [0.2, 0.25) is 0 Å². The molecule has 0 aromatic heterocycles. The van der Waals surface area contributed by atoms with Crippen molar-refractivity contribution >= 4 is 41.4 Å². The van der Waals surface area contributed by atoms with E-state index in [-0.39, 0.29) is 16.7 Å². The zero-order chi connectivity index (χ0) is 22.9. The number of hydrogen-bond donors (Lipinski definition) is 2. The van der Waals surface area contributed by atoms with Crippen molar-refractivity contribution in [1.82, 2.24) is 0 Å². The van der Waals surface area contributed by atoms with Gasteiger partial charge in [-0.1, -0.05) is 115 Å². The van der Waals surface area contributed by atoms with E-state index in [1.54, 1.807) is 0 Å². The first-order chi connectivity index (χ1) is 15.4. The summed E-state index contributed by atoms with van der Waals surface area (Å²) in [6, 6.07) is 27.1. The van der Waals surface area contributed by atoms with Crippen LogP contribution in [-0.4, -0.2) is 25.2 Å². The van der Waals surface area contributed by atoms with Crippen molar-refractivity contribution < 1.29 is 15.5 Å². The predicted molar refractivity (Wildman–Crippen MR) is 120 cm³/mol. The maximum Gasteiger partial charge on any atom is 0.488 e. The summed E-state index contributed by atoms with van der Waals surface area (Å²) in [4.78, 5) is 0. The van der Waals surface area contributed by atoms with Crippen LogP contribution in [0, 0.1) is 0 Å². The van der Waals surface area contributed by atoms with Crippen molar-refractivity contribution in [3.63, 3.8) is 0 Å². The van der Waals surface area contributed by atoms with Crippen LogP contribution in [0.15, 0.2) is 115 Å². The van der Waals surface area contributed by atoms with Crippen molar-refractivity contribution in [2.75, 3.05) is 0 Å². The molecule has 0 saturated carbocycles. The van der Waals surface area contributed by atoms with E-state index in [1.165, 1.54) is 0 Å². The summed E-state index contributed by atoms with van der Waals surface area (Å²) < 4.78 is 33.9. The van der Waals surface area contributed by atoms with E-state index in [0.29, 0.717) is 0 Å². The first-order valence-electron chi connectivity index (χ1n) is 11.0. The predicted octanol–water partition coefficient (Wildman–Crippen LogP) is 0.744. The lowest BCUT2D eigenvalue weighted by molar-refractivity contribution is 0.426. The zero-order valence-electron chi connectivity index (χ0n) is 19.1. The Morgan fingerprint density at radius 1 is 0.607 bits per heavy atom. The van der Waals surface area contributed by atoms with Gasteiger partial charge in [-0.05, 0) is 26.2 Å². The van der Waals surface area contributed by atoms with Crippen LogP contribution in [0.25, 0.3) is 0 Å². The van der Waals surface area contributed by atoms with Crippen LogP contribution in [0.3, 0.4) is 0 Å². The van der Waals surface area contributed by atoms with Gasteiger partial charge < -0.3 is 10.0 Å². The Morgan fingerprint density at radius 2 is 1.00 bits per heavy atom. The Labute approximate surface area is 172 Å². The van der Waals surface area contributed by atoms with Crippen LogP contribution in [0.4, 0.5) is 0 Å². The topological polar surface area (TPSA) is 40.5 Å². The van der Waals surface area contributed by atoms with Crippen LogP contribution in [-0.2, 0) is 0 Å². The second kappa shape index (κ2) is 7.99. The second-order valence-electron chi connectivity index (χ2n) is 6.51. The summed E-state index contributed by atoms with van der Waals surface area (Å²) in [6.45, 7) is 0. The molecule has 0 aliphatic carbocycles. The molecule has 0 bridgehead atoms. The molecule has 0 radical (unpaired) electrons. The smallest absolute Gasteiger partial charge is 0.423 e. The molecule has 0 unspecified atom stereocenters. The molecule has 2 N–H and O–H groups in total. The van der Waals surface area contributed by atoms with Gasteiger partial charge in [-0.2, -0.15) is 0 Å². The van der Waals surface area contributed by atoms with Gasteiger partial charge >= 0.3 is 7.12 Å². The van der Waals surface area contributed by atoms with E-state index >= 15 is 0 Å². The minimum Gasteiger partial charge on any atom is -0.423 e. The minimum atomic E-state index is -3.37. The van der Waals surface area contributed by atoms with Gasteiger partial charge in [0, 0.05) is 0 Å². The van der Waals surface area contributed by atoms with Gasteiger partial charge in [0.1, 0.15) is 0 Å². The lowest BCUT2D eigenvalue weighted by Crippen LogP contribution is -2.78. The van der Waals surface area contributed by atoms with E-state index in [9.17, 15) is 10.0 Å². The molecular formula is C24H21BO2Si. The normalized spacial score (nSPS) is 13.2. The quantitative estimate of drug-likeness (QED) is 0.394. The standard InChI is InChI=1S/C24H21BO2Si/c26-25(27)23-18-10-11-19-24(23)28(20-12-4-1-5-13-20,21-14-6-2-7-15-21)22-16-8-3-9-17-22/h1-19,26-27H/i10D,11D,18D,19D. The highest BCUT2D eigenvalue weighted by molar-refractivity contribution is 7.21. The van der Waals surface area contributed by atoms with Crippen molar-refractivity contribution in [3.8, 4) is 0 Å². The molecular weight excluding hydrogens is 359 g/mol. The summed E-state index contributed by atoms with van der Waals surface area (Å²) >= 11 is 0. The molecule has 0 heterocycles. The summed E-state index contributed by atoms with van der Waals surface area (Å²) in [5.74, 6) is 0. The Balaban J connectivity index is 2.31. The van der Waals surface area contributed by atoms with Crippen LogP contribution < -0.4 is 26.2 Å². The first-order valence-corrected chi connectivity index (χ1v) is 11.0. The van der Waals surface area contributed by atoms with Gasteiger partial charge in [0.25, 0.3) is 0 Å². The lowest BCUT2D eigenvalue weighted by atomic mass is 9.80. The third kappa shape index (κ3) is 3.12. The molecule has 4 heteroatoms. The van der Waals surface area contributed by atoms with Crippen LogP contribution >= 0.6 is 0 Å². The fourth-order valence-corrected chi connectivity index (χ4v) is 8.60. The monoisotopic (exact) mass is 384 g/mol. The molecule has 0 aliphatic heterocycles. The van der Waals surface area contributed by atoms with Gasteiger partial charge in [-0.3, -0.25) is 0 Å². The third-order valence-corrected chi connectivity index (χ3v) is 9.71.